The van der Waals surface area contributed by atoms with Crippen LogP contribution in [0.5, 0.6) is 0 Å². The van der Waals surface area contributed by atoms with Crippen molar-refractivity contribution in [2.24, 2.45) is 0 Å². The molecule has 1 N–H and O–H groups in total. The van der Waals surface area contributed by atoms with E-state index >= 15 is 0 Å². The molecule has 176 valence electrons. The predicted molar refractivity (Wildman–Crippen MR) is 123 cm³/mol. The van der Waals surface area contributed by atoms with Crippen molar-refractivity contribution in [1.82, 2.24) is 10.4 Å². The number of aryl methyl sites for hydroxylation is 1. The average molecular weight is 449 g/mol. The maximum atomic E-state index is 14.3. The first-order chi connectivity index (χ1) is 15.1. The SMILES string of the molecule is CCCCCCCCCc1ccc2c(C(N3NC(=O)CC3(C)C)C(F)(F)F)cccc2c1. The van der Waals surface area contributed by atoms with Crippen molar-refractivity contribution in [2.75, 3.05) is 0 Å². The van der Waals surface area contributed by atoms with Gasteiger partial charge in [0.15, 0.2) is 6.04 Å². The zero-order chi connectivity index (χ0) is 23.4. The maximum Gasteiger partial charge on any atom is 0.409 e. The Morgan fingerprint density at radius 1 is 1.03 bits per heavy atom. The first-order valence-corrected chi connectivity index (χ1v) is 11.8. The lowest BCUT2D eigenvalue weighted by molar-refractivity contribution is -0.203. The second-order valence-electron chi connectivity index (χ2n) is 9.61. The molecule has 1 aliphatic heterocycles. The van der Waals surface area contributed by atoms with Crippen molar-refractivity contribution in [3.05, 3.63) is 47.5 Å². The van der Waals surface area contributed by atoms with E-state index in [1.54, 1.807) is 19.9 Å². The zero-order valence-electron chi connectivity index (χ0n) is 19.4. The quantitative estimate of drug-likeness (QED) is 0.388. The lowest BCUT2D eigenvalue weighted by Gasteiger charge is -2.38. The Morgan fingerprint density at radius 2 is 1.72 bits per heavy atom. The van der Waals surface area contributed by atoms with Crippen LogP contribution in [0.2, 0.25) is 0 Å². The molecule has 0 aliphatic carbocycles. The van der Waals surface area contributed by atoms with Crippen LogP contribution in [0.3, 0.4) is 0 Å². The summed E-state index contributed by atoms with van der Waals surface area (Å²) in [5, 5.41) is 2.46. The third kappa shape index (κ3) is 5.83. The highest BCUT2D eigenvalue weighted by Crippen LogP contribution is 2.44. The summed E-state index contributed by atoms with van der Waals surface area (Å²) < 4.78 is 42.8. The molecule has 0 saturated carbocycles. The van der Waals surface area contributed by atoms with Crippen molar-refractivity contribution < 1.29 is 18.0 Å². The summed E-state index contributed by atoms with van der Waals surface area (Å²) >= 11 is 0. The van der Waals surface area contributed by atoms with Crippen LogP contribution in [0.15, 0.2) is 36.4 Å². The molecule has 0 spiro atoms. The van der Waals surface area contributed by atoms with Crippen LogP contribution in [0.4, 0.5) is 13.2 Å². The van der Waals surface area contributed by atoms with Gasteiger partial charge in [-0.3, -0.25) is 10.2 Å². The van der Waals surface area contributed by atoms with E-state index in [-0.39, 0.29) is 17.9 Å². The molecule has 1 unspecified atom stereocenters. The van der Waals surface area contributed by atoms with Gasteiger partial charge in [-0.05, 0) is 48.6 Å². The van der Waals surface area contributed by atoms with Gasteiger partial charge in [0, 0.05) is 12.0 Å². The summed E-state index contributed by atoms with van der Waals surface area (Å²) in [4.78, 5) is 11.9. The molecule has 6 heteroatoms. The van der Waals surface area contributed by atoms with Gasteiger partial charge in [0.25, 0.3) is 0 Å². The van der Waals surface area contributed by atoms with Crippen LogP contribution in [-0.2, 0) is 11.2 Å². The molecule has 2 aromatic rings. The van der Waals surface area contributed by atoms with Crippen molar-refractivity contribution in [3.63, 3.8) is 0 Å². The molecule has 3 nitrogen and oxygen atoms in total. The van der Waals surface area contributed by atoms with E-state index < -0.39 is 17.8 Å². The van der Waals surface area contributed by atoms with Gasteiger partial charge in [-0.1, -0.05) is 81.8 Å². The summed E-state index contributed by atoms with van der Waals surface area (Å²) in [6.07, 6.45) is 5.07. The monoisotopic (exact) mass is 448 g/mol. The van der Waals surface area contributed by atoms with Gasteiger partial charge in [0.05, 0.1) is 0 Å². The lowest BCUT2D eigenvalue weighted by Crippen LogP contribution is -2.51. The number of hydrogen-bond acceptors (Lipinski definition) is 2. The second-order valence-corrected chi connectivity index (χ2v) is 9.61. The van der Waals surface area contributed by atoms with E-state index in [4.69, 9.17) is 0 Å². The molecule has 1 saturated heterocycles. The number of alkyl halides is 3. The summed E-state index contributed by atoms with van der Waals surface area (Å²) in [5.41, 5.74) is 2.85. The standard InChI is InChI=1S/C26H35F3N2O/c1-4-5-6-7-8-9-10-12-19-15-16-21-20(17-19)13-11-14-22(21)24(26(27,28)29)31-25(2,3)18-23(32)30-31/h11,13-17,24H,4-10,12,18H2,1-3H3,(H,30,32). The number of amides is 1. The number of carbonyl (C=O) groups is 1. The van der Waals surface area contributed by atoms with E-state index in [9.17, 15) is 18.0 Å². The number of unbranched alkanes of at least 4 members (excludes halogenated alkanes) is 6. The van der Waals surface area contributed by atoms with Crippen LogP contribution < -0.4 is 5.43 Å². The topological polar surface area (TPSA) is 32.3 Å². The maximum absolute atomic E-state index is 14.3. The lowest BCUT2D eigenvalue weighted by atomic mass is 9.92. The zero-order valence-corrected chi connectivity index (χ0v) is 19.4. The molecule has 1 amide bonds. The third-order valence-electron chi connectivity index (χ3n) is 6.40. The molecule has 1 heterocycles. The Bertz CT molecular complexity index is 923. The van der Waals surface area contributed by atoms with Gasteiger partial charge in [0.1, 0.15) is 0 Å². The molecule has 2 aromatic carbocycles. The first kappa shape index (κ1) is 24.6. The molecule has 3 rings (SSSR count). The summed E-state index contributed by atoms with van der Waals surface area (Å²) in [6.45, 7) is 5.54. The average Bonchev–Trinajstić information content (AvgIpc) is 2.98. The van der Waals surface area contributed by atoms with E-state index in [0.717, 1.165) is 28.8 Å². The molecular formula is C26H35F3N2O. The number of halogens is 3. The van der Waals surface area contributed by atoms with Crippen LogP contribution in [0.1, 0.15) is 89.3 Å². The number of hydrogen-bond donors (Lipinski definition) is 1. The highest BCUT2D eigenvalue weighted by Gasteiger charge is 2.53. The number of carbonyl (C=O) groups excluding carboxylic acids is 1. The second kappa shape index (κ2) is 10.2. The Labute approximate surface area is 189 Å². The fourth-order valence-corrected chi connectivity index (χ4v) is 4.72. The molecule has 1 fully saturated rings. The fraction of sp³-hybridized carbons (Fsp3) is 0.577. The largest absolute Gasteiger partial charge is 0.409 e. The van der Waals surface area contributed by atoms with Gasteiger partial charge in [0.2, 0.25) is 5.91 Å². The highest BCUT2D eigenvalue weighted by atomic mass is 19.4. The minimum Gasteiger partial charge on any atom is -0.287 e. The number of benzene rings is 2. The minimum atomic E-state index is -4.53. The molecule has 1 aliphatic rings. The first-order valence-electron chi connectivity index (χ1n) is 11.8. The van der Waals surface area contributed by atoms with Gasteiger partial charge in [-0.25, -0.2) is 0 Å². The number of nitrogens with zero attached hydrogens (tertiary/aromatic N) is 1. The van der Waals surface area contributed by atoms with Gasteiger partial charge >= 0.3 is 6.18 Å². The van der Waals surface area contributed by atoms with Gasteiger partial charge < -0.3 is 0 Å². The number of fused-ring (bicyclic) bond motifs is 1. The fourth-order valence-electron chi connectivity index (χ4n) is 4.72. The number of hydrazine groups is 1. The molecular weight excluding hydrogens is 413 g/mol. The van der Waals surface area contributed by atoms with Crippen molar-refractivity contribution in [1.29, 1.82) is 0 Å². The molecule has 0 radical (unpaired) electrons. The Morgan fingerprint density at radius 3 is 2.34 bits per heavy atom. The van der Waals surface area contributed by atoms with Crippen LogP contribution >= 0.6 is 0 Å². The smallest absolute Gasteiger partial charge is 0.287 e. The predicted octanol–water partition coefficient (Wildman–Crippen LogP) is 7.25. The van der Waals surface area contributed by atoms with E-state index in [0.29, 0.717) is 5.39 Å². The van der Waals surface area contributed by atoms with E-state index in [1.807, 2.05) is 24.3 Å². The van der Waals surface area contributed by atoms with Crippen LogP contribution in [0, 0.1) is 0 Å². The molecule has 1 atom stereocenters. The summed E-state index contributed by atoms with van der Waals surface area (Å²) in [6, 6.07) is 8.94. The summed E-state index contributed by atoms with van der Waals surface area (Å²) in [7, 11) is 0. The minimum absolute atomic E-state index is 0.0347. The van der Waals surface area contributed by atoms with E-state index in [1.165, 1.54) is 44.6 Å². The van der Waals surface area contributed by atoms with E-state index in [2.05, 4.69) is 12.3 Å². The number of nitrogens with one attached hydrogen (secondary N) is 1. The molecule has 0 aromatic heterocycles. The molecule has 32 heavy (non-hydrogen) atoms. The Kier molecular flexibility index (Phi) is 7.86. The Hall–Kier alpha value is -2.08. The van der Waals surface area contributed by atoms with Crippen molar-refractivity contribution in [2.45, 2.75) is 96.3 Å². The third-order valence-corrected chi connectivity index (χ3v) is 6.40. The molecule has 0 bridgehead atoms. The summed E-state index contributed by atoms with van der Waals surface area (Å²) in [5.74, 6) is -0.388. The number of rotatable bonds is 10. The van der Waals surface area contributed by atoms with Gasteiger partial charge in [-0.15, -0.1) is 0 Å². The normalized spacial score (nSPS) is 17.6. The van der Waals surface area contributed by atoms with Crippen LogP contribution in [0.25, 0.3) is 10.8 Å². The van der Waals surface area contributed by atoms with Crippen molar-refractivity contribution >= 4 is 16.7 Å². The van der Waals surface area contributed by atoms with Crippen molar-refractivity contribution in [3.8, 4) is 0 Å². The highest BCUT2D eigenvalue weighted by molar-refractivity contribution is 5.87. The Balaban J connectivity index is 1.80. The van der Waals surface area contributed by atoms with Gasteiger partial charge in [-0.2, -0.15) is 18.2 Å². The van der Waals surface area contributed by atoms with Crippen LogP contribution in [-0.4, -0.2) is 22.6 Å².